The molecule has 1 atom stereocenters. The maximum Gasteiger partial charge on any atom is 0.119 e. The average Bonchev–Trinajstić information content (AvgIpc) is 2.43. The molecule has 1 fully saturated rings. The first-order valence-electron chi connectivity index (χ1n) is 7.49. The molecule has 0 saturated carbocycles. The fourth-order valence-corrected chi connectivity index (χ4v) is 2.08. The zero-order valence-electron chi connectivity index (χ0n) is 12.4. The highest BCUT2D eigenvalue weighted by Crippen LogP contribution is 2.19. The van der Waals surface area contributed by atoms with Gasteiger partial charge in [-0.2, -0.15) is 0 Å². The van der Waals surface area contributed by atoms with E-state index in [1.54, 1.807) is 0 Å². The van der Waals surface area contributed by atoms with Crippen LogP contribution in [0.4, 0.5) is 0 Å². The molecule has 0 amide bonds. The molecule has 112 valence electrons. The summed E-state index contributed by atoms with van der Waals surface area (Å²) in [4.78, 5) is 0. The number of benzene rings is 1. The summed E-state index contributed by atoms with van der Waals surface area (Å²) in [7, 11) is 0. The van der Waals surface area contributed by atoms with E-state index in [0.29, 0.717) is 6.61 Å². The Morgan fingerprint density at radius 1 is 1.25 bits per heavy atom. The van der Waals surface area contributed by atoms with Crippen molar-refractivity contribution in [1.29, 1.82) is 0 Å². The van der Waals surface area contributed by atoms with Gasteiger partial charge >= 0.3 is 0 Å². The van der Waals surface area contributed by atoms with Crippen LogP contribution in [0.5, 0.6) is 5.75 Å². The molecule has 1 N–H and O–H groups in total. The molecule has 1 aliphatic rings. The Labute approximate surface area is 121 Å². The summed E-state index contributed by atoms with van der Waals surface area (Å²) in [5, 5.41) is 3.46. The minimum absolute atomic E-state index is 0.223. The zero-order chi connectivity index (χ0) is 14.2. The normalized spacial score (nSPS) is 16.7. The molecule has 2 rings (SSSR count). The highest BCUT2D eigenvalue weighted by atomic mass is 16.6. The summed E-state index contributed by atoms with van der Waals surface area (Å²) in [6, 6.07) is 8.50. The first-order chi connectivity index (χ1) is 9.83. The topological polar surface area (TPSA) is 39.7 Å². The van der Waals surface area contributed by atoms with Crippen molar-refractivity contribution >= 4 is 0 Å². The molecular formula is C16H25NO3. The Morgan fingerprint density at radius 2 is 2.00 bits per heavy atom. The summed E-state index contributed by atoms with van der Waals surface area (Å²) in [6.07, 6.45) is 1.29. The number of rotatable bonds is 9. The zero-order valence-corrected chi connectivity index (χ0v) is 12.4. The van der Waals surface area contributed by atoms with Crippen molar-refractivity contribution in [2.45, 2.75) is 32.4 Å². The lowest BCUT2D eigenvalue weighted by Gasteiger charge is -2.28. The van der Waals surface area contributed by atoms with Gasteiger partial charge in [0.2, 0.25) is 0 Å². The van der Waals surface area contributed by atoms with Crippen LogP contribution in [0.3, 0.4) is 0 Å². The third-order valence-electron chi connectivity index (χ3n) is 3.31. The second-order valence-electron chi connectivity index (χ2n) is 5.02. The molecule has 1 aliphatic heterocycles. The van der Waals surface area contributed by atoms with E-state index in [-0.39, 0.29) is 12.1 Å². The number of likely N-dealkylation sites (N-methyl/N-ethyl adjacent to an activating group) is 1. The Kier molecular flexibility index (Phi) is 6.30. The Bertz CT molecular complexity index is 376. The van der Waals surface area contributed by atoms with Crippen molar-refractivity contribution in [1.82, 2.24) is 5.32 Å². The third-order valence-corrected chi connectivity index (χ3v) is 3.31. The van der Waals surface area contributed by atoms with E-state index in [0.717, 1.165) is 38.5 Å². The molecule has 20 heavy (non-hydrogen) atoms. The molecule has 4 nitrogen and oxygen atoms in total. The smallest absolute Gasteiger partial charge is 0.119 e. The van der Waals surface area contributed by atoms with Crippen LogP contribution < -0.4 is 10.1 Å². The Hall–Kier alpha value is -1.10. The van der Waals surface area contributed by atoms with E-state index in [9.17, 15) is 0 Å². The quantitative estimate of drug-likeness (QED) is 0.754. The number of ether oxygens (including phenoxy) is 3. The van der Waals surface area contributed by atoms with Crippen LogP contribution in [0.15, 0.2) is 24.3 Å². The maximum absolute atomic E-state index is 5.82. The van der Waals surface area contributed by atoms with Crippen LogP contribution >= 0.6 is 0 Å². The van der Waals surface area contributed by atoms with Crippen LogP contribution in [0.2, 0.25) is 0 Å². The molecule has 0 aliphatic carbocycles. The SMILES string of the molecule is CCCOc1ccc(C(COC2COC2)NCC)cc1. The number of hydrogen-bond donors (Lipinski definition) is 1. The molecule has 0 aromatic heterocycles. The van der Waals surface area contributed by atoms with Gasteiger partial charge in [0.1, 0.15) is 11.9 Å². The van der Waals surface area contributed by atoms with Gasteiger partial charge in [-0.25, -0.2) is 0 Å². The van der Waals surface area contributed by atoms with E-state index in [1.165, 1.54) is 5.56 Å². The van der Waals surface area contributed by atoms with Crippen LogP contribution in [0, 0.1) is 0 Å². The molecule has 0 spiro atoms. The van der Waals surface area contributed by atoms with E-state index in [1.807, 2.05) is 12.1 Å². The van der Waals surface area contributed by atoms with Gasteiger partial charge < -0.3 is 19.5 Å². The summed E-state index contributed by atoms with van der Waals surface area (Å²) in [5.74, 6) is 0.930. The first kappa shape index (κ1) is 15.3. The minimum Gasteiger partial charge on any atom is -0.494 e. The molecule has 1 heterocycles. The largest absolute Gasteiger partial charge is 0.494 e. The highest BCUT2D eigenvalue weighted by molar-refractivity contribution is 5.29. The van der Waals surface area contributed by atoms with Crippen LogP contribution in [-0.2, 0) is 9.47 Å². The van der Waals surface area contributed by atoms with Gasteiger partial charge in [-0.3, -0.25) is 0 Å². The van der Waals surface area contributed by atoms with Gasteiger partial charge in [-0.1, -0.05) is 26.0 Å². The van der Waals surface area contributed by atoms with Crippen molar-refractivity contribution in [3.8, 4) is 5.75 Å². The van der Waals surface area contributed by atoms with E-state index >= 15 is 0 Å². The molecule has 0 radical (unpaired) electrons. The predicted molar refractivity (Wildman–Crippen MR) is 79.2 cm³/mol. The second kappa shape index (κ2) is 8.25. The van der Waals surface area contributed by atoms with E-state index in [4.69, 9.17) is 14.2 Å². The summed E-state index contributed by atoms with van der Waals surface area (Å²) in [5.41, 5.74) is 1.23. The summed E-state index contributed by atoms with van der Waals surface area (Å²) in [6.45, 7) is 8.03. The fraction of sp³-hybridized carbons (Fsp3) is 0.625. The fourth-order valence-electron chi connectivity index (χ4n) is 2.08. The van der Waals surface area contributed by atoms with Crippen molar-refractivity contribution < 1.29 is 14.2 Å². The van der Waals surface area contributed by atoms with Crippen molar-refractivity contribution in [2.24, 2.45) is 0 Å². The minimum atomic E-state index is 0.223. The highest BCUT2D eigenvalue weighted by Gasteiger charge is 2.21. The predicted octanol–water partition coefficient (Wildman–Crippen LogP) is 2.54. The molecule has 1 saturated heterocycles. The molecule has 4 heteroatoms. The van der Waals surface area contributed by atoms with Crippen LogP contribution in [0.1, 0.15) is 31.9 Å². The standard InChI is InChI=1S/C16H25NO3/c1-3-9-19-14-7-5-13(6-8-14)16(17-4-2)12-20-15-10-18-11-15/h5-8,15-17H,3-4,9-12H2,1-2H3. The van der Waals surface area contributed by atoms with Crippen molar-refractivity contribution in [2.75, 3.05) is 33.0 Å². The van der Waals surface area contributed by atoms with E-state index < -0.39 is 0 Å². The molecule has 1 aromatic carbocycles. The van der Waals surface area contributed by atoms with Crippen LogP contribution in [0.25, 0.3) is 0 Å². The Balaban J connectivity index is 1.89. The van der Waals surface area contributed by atoms with E-state index in [2.05, 4.69) is 31.3 Å². The van der Waals surface area contributed by atoms with Gasteiger partial charge in [0.15, 0.2) is 0 Å². The Morgan fingerprint density at radius 3 is 2.55 bits per heavy atom. The van der Waals surface area contributed by atoms with Gasteiger partial charge in [-0.05, 0) is 30.7 Å². The number of hydrogen-bond acceptors (Lipinski definition) is 4. The van der Waals surface area contributed by atoms with Crippen molar-refractivity contribution in [3.63, 3.8) is 0 Å². The molecule has 1 aromatic rings. The molecular weight excluding hydrogens is 254 g/mol. The summed E-state index contributed by atoms with van der Waals surface area (Å²) >= 11 is 0. The van der Waals surface area contributed by atoms with Gasteiger partial charge in [-0.15, -0.1) is 0 Å². The molecule has 0 bridgehead atoms. The van der Waals surface area contributed by atoms with Gasteiger partial charge in [0, 0.05) is 0 Å². The third kappa shape index (κ3) is 4.47. The lowest BCUT2D eigenvalue weighted by molar-refractivity contribution is -0.133. The lowest BCUT2D eigenvalue weighted by Crippen LogP contribution is -2.38. The second-order valence-corrected chi connectivity index (χ2v) is 5.02. The van der Waals surface area contributed by atoms with Crippen LogP contribution in [-0.4, -0.2) is 39.1 Å². The van der Waals surface area contributed by atoms with Gasteiger partial charge in [0.05, 0.1) is 32.5 Å². The molecule has 1 unspecified atom stereocenters. The number of nitrogens with one attached hydrogen (secondary N) is 1. The monoisotopic (exact) mass is 279 g/mol. The first-order valence-corrected chi connectivity index (χ1v) is 7.49. The lowest BCUT2D eigenvalue weighted by atomic mass is 10.1. The maximum atomic E-state index is 5.82. The van der Waals surface area contributed by atoms with Gasteiger partial charge in [0.25, 0.3) is 0 Å². The van der Waals surface area contributed by atoms with Crippen molar-refractivity contribution in [3.05, 3.63) is 29.8 Å². The summed E-state index contributed by atoms with van der Waals surface area (Å²) < 4.78 is 16.6. The average molecular weight is 279 g/mol.